The summed E-state index contributed by atoms with van der Waals surface area (Å²) >= 11 is 0. The van der Waals surface area contributed by atoms with Gasteiger partial charge >= 0.3 is 0 Å². The summed E-state index contributed by atoms with van der Waals surface area (Å²) in [5.74, 6) is 1.69. The molecule has 0 bridgehead atoms. The van der Waals surface area contributed by atoms with Crippen molar-refractivity contribution in [1.29, 1.82) is 0 Å². The quantitative estimate of drug-likeness (QED) is 0.849. The lowest BCUT2D eigenvalue weighted by molar-refractivity contribution is 0.304. The Morgan fingerprint density at radius 3 is 2.90 bits per heavy atom. The number of pyridine rings is 1. The molecule has 0 unspecified atom stereocenters. The van der Waals surface area contributed by atoms with Crippen LogP contribution in [0.25, 0.3) is 0 Å². The Hall–Kier alpha value is -2.07. The van der Waals surface area contributed by atoms with Gasteiger partial charge in [0.15, 0.2) is 0 Å². The van der Waals surface area contributed by atoms with Crippen LogP contribution in [0.15, 0.2) is 42.6 Å². The molecule has 0 amide bonds. The molecule has 1 aliphatic rings. The highest BCUT2D eigenvalue weighted by Crippen LogP contribution is 2.20. The molecule has 2 aromatic rings. The minimum Gasteiger partial charge on any atom is -0.497 e. The Bertz CT molecular complexity index is 597. The van der Waals surface area contributed by atoms with Crippen LogP contribution in [-0.4, -0.2) is 18.1 Å². The maximum atomic E-state index is 5.83. The highest BCUT2D eigenvalue weighted by molar-refractivity contribution is 5.29. The zero-order valence-corrected chi connectivity index (χ0v) is 12.2. The third-order valence-electron chi connectivity index (χ3n) is 3.48. The van der Waals surface area contributed by atoms with E-state index in [2.05, 4.69) is 10.3 Å². The molecule has 110 valence electrons. The summed E-state index contributed by atoms with van der Waals surface area (Å²) in [6.45, 7) is 1.33. The van der Waals surface area contributed by atoms with Gasteiger partial charge in [0.1, 0.15) is 18.1 Å². The van der Waals surface area contributed by atoms with Crippen LogP contribution < -0.4 is 14.8 Å². The lowest BCUT2D eigenvalue weighted by Crippen LogP contribution is -2.16. The summed E-state index contributed by atoms with van der Waals surface area (Å²) in [6, 6.07) is 12.5. The maximum Gasteiger partial charge on any atom is 0.123 e. The standard InChI is InChI=1S/C17H20N2O2/c1-20-16-4-2-3-13(9-16)12-21-17-7-8-18-15(10-17)11-19-14-5-6-14/h2-4,7-10,14,19H,5-6,11-12H2,1H3. The molecular weight excluding hydrogens is 264 g/mol. The second-order valence-electron chi connectivity index (χ2n) is 5.28. The number of benzene rings is 1. The van der Waals surface area contributed by atoms with Gasteiger partial charge < -0.3 is 14.8 Å². The first-order valence-electron chi connectivity index (χ1n) is 7.27. The number of nitrogens with zero attached hydrogens (tertiary/aromatic N) is 1. The van der Waals surface area contributed by atoms with Crippen LogP contribution in [0.5, 0.6) is 11.5 Å². The van der Waals surface area contributed by atoms with Crippen LogP contribution in [0.3, 0.4) is 0 Å². The van der Waals surface area contributed by atoms with Gasteiger partial charge in [-0.3, -0.25) is 4.98 Å². The van der Waals surface area contributed by atoms with Crippen molar-refractivity contribution in [3.05, 3.63) is 53.9 Å². The SMILES string of the molecule is COc1cccc(COc2ccnc(CNC3CC3)c2)c1. The normalized spacial score (nSPS) is 14.0. The van der Waals surface area contributed by atoms with Gasteiger partial charge in [0, 0.05) is 24.8 Å². The van der Waals surface area contributed by atoms with Crippen molar-refractivity contribution in [3.63, 3.8) is 0 Å². The number of nitrogens with one attached hydrogen (secondary N) is 1. The van der Waals surface area contributed by atoms with Gasteiger partial charge in [0.2, 0.25) is 0 Å². The number of hydrogen-bond donors (Lipinski definition) is 1. The van der Waals surface area contributed by atoms with Gasteiger partial charge in [-0.05, 0) is 36.6 Å². The van der Waals surface area contributed by atoms with Crippen molar-refractivity contribution in [1.82, 2.24) is 10.3 Å². The Morgan fingerprint density at radius 1 is 1.19 bits per heavy atom. The third kappa shape index (κ3) is 4.20. The fraction of sp³-hybridized carbons (Fsp3) is 0.353. The zero-order valence-electron chi connectivity index (χ0n) is 12.2. The van der Waals surface area contributed by atoms with E-state index >= 15 is 0 Å². The molecular formula is C17H20N2O2. The second-order valence-corrected chi connectivity index (χ2v) is 5.28. The molecule has 1 fully saturated rings. The summed E-state index contributed by atoms with van der Waals surface area (Å²) in [7, 11) is 1.67. The van der Waals surface area contributed by atoms with E-state index in [1.54, 1.807) is 13.3 Å². The van der Waals surface area contributed by atoms with E-state index in [9.17, 15) is 0 Å². The molecule has 0 atom stereocenters. The molecule has 3 rings (SSSR count). The van der Waals surface area contributed by atoms with E-state index in [0.717, 1.165) is 29.3 Å². The molecule has 4 heteroatoms. The van der Waals surface area contributed by atoms with Crippen LogP contribution in [0, 0.1) is 0 Å². The molecule has 1 aliphatic carbocycles. The summed E-state index contributed by atoms with van der Waals surface area (Å²) in [5.41, 5.74) is 2.11. The molecule has 21 heavy (non-hydrogen) atoms. The Balaban J connectivity index is 1.57. The monoisotopic (exact) mass is 284 g/mol. The topological polar surface area (TPSA) is 43.4 Å². The Labute approximate surface area is 125 Å². The predicted molar refractivity (Wildman–Crippen MR) is 81.4 cm³/mol. The van der Waals surface area contributed by atoms with Crippen molar-refractivity contribution >= 4 is 0 Å². The summed E-state index contributed by atoms with van der Waals surface area (Å²) in [5, 5.41) is 3.45. The third-order valence-corrected chi connectivity index (χ3v) is 3.48. The lowest BCUT2D eigenvalue weighted by atomic mass is 10.2. The largest absolute Gasteiger partial charge is 0.497 e. The van der Waals surface area contributed by atoms with Gasteiger partial charge in [-0.2, -0.15) is 0 Å². The molecule has 1 N–H and O–H groups in total. The zero-order chi connectivity index (χ0) is 14.5. The first-order valence-corrected chi connectivity index (χ1v) is 7.27. The molecule has 1 saturated carbocycles. The van der Waals surface area contributed by atoms with Crippen molar-refractivity contribution in [2.45, 2.75) is 32.0 Å². The maximum absolute atomic E-state index is 5.83. The van der Waals surface area contributed by atoms with Gasteiger partial charge in [0.25, 0.3) is 0 Å². The van der Waals surface area contributed by atoms with Gasteiger partial charge in [0.05, 0.1) is 12.8 Å². The molecule has 0 saturated heterocycles. The second kappa shape index (κ2) is 6.59. The van der Waals surface area contributed by atoms with Crippen LogP contribution in [0.1, 0.15) is 24.1 Å². The fourth-order valence-electron chi connectivity index (χ4n) is 2.11. The van der Waals surface area contributed by atoms with Gasteiger partial charge in [-0.15, -0.1) is 0 Å². The van der Waals surface area contributed by atoms with Crippen LogP contribution in [0.4, 0.5) is 0 Å². The first kappa shape index (κ1) is 13.9. The molecule has 0 radical (unpaired) electrons. The summed E-state index contributed by atoms with van der Waals surface area (Å²) < 4.78 is 11.0. The van der Waals surface area contributed by atoms with E-state index in [0.29, 0.717) is 12.6 Å². The number of hydrogen-bond acceptors (Lipinski definition) is 4. The van der Waals surface area contributed by atoms with E-state index in [4.69, 9.17) is 9.47 Å². The van der Waals surface area contributed by atoms with Crippen molar-refractivity contribution in [2.75, 3.05) is 7.11 Å². The number of aromatic nitrogens is 1. The van der Waals surface area contributed by atoms with E-state index in [1.165, 1.54) is 12.8 Å². The van der Waals surface area contributed by atoms with E-state index in [-0.39, 0.29) is 0 Å². The molecule has 1 aromatic heterocycles. The van der Waals surface area contributed by atoms with Crippen molar-refractivity contribution in [2.24, 2.45) is 0 Å². The summed E-state index contributed by atoms with van der Waals surface area (Å²) in [4.78, 5) is 4.36. The predicted octanol–water partition coefficient (Wildman–Crippen LogP) is 2.92. The highest BCUT2D eigenvalue weighted by Gasteiger charge is 2.20. The smallest absolute Gasteiger partial charge is 0.123 e. The van der Waals surface area contributed by atoms with E-state index < -0.39 is 0 Å². The van der Waals surface area contributed by atoms with Crippen molar-refractivity contribution in [3.8, 4) is 11.5 Å². The van der Waals surface area contributed by atoms with Crippen LogP contribution in [-0.2, 0) is 13.2 Å². The fourth-order valence-corrected chi connectivity index (χ4v) is 2.11. The molecule has 1 aromatic carbocycles. The average Bonchev–Trinajstić information content (AvgIpc) is 3.36. The van der Waals surface area contributed by atoms with Gasteiger partial charge in [-0.1, -0.05) is 12.1 Å². The molecule has 1 heterocycles. The van der Waals surface area contributed by atoms with Crippen LogP contribution in [0.2, 0.25) is 0 Å². The first-order chi connectivity index (χ1) is 10.3. The highest BCUT2D eigenvalue weighted by atomic mass is 16.5. The van der Waals surface area contributed by atoms with Gasteiger partial charge in [-0.25, -0.2) is 0 Å². The Morgan fingerprint density at radius 2 is 2.10 bits per heavy atom. The Kier molecular flexibility index (Phi) is 4.36. The van der Waals surface area contributed by atoms with Crippen LogP contribution >= 0.6 is 0 Å². The van der Waals surface area contributed by atoms with Crippen molar-refractivity contribution < 1.29 is 9.47 Å². The minimum absolute atomic E-state index is 0.525. The molecule has 4 nitrogen and oxygen atoms in total. The average molecular weight is 284 g/mol. The number of rotatable bonds is 7. The summed E-state index contributed by atoms with van der Waals surface area (Å²) in [6.07, 6.45) is 4.36. The number of methoxy groups -OCH3 is 1. The lowest BCUT2D eigenvalue weighted by Gasteiger charge is -2.09. The minimum atomic E-state index is 0.525. The number of ether oxygens (including phenoxy) is 2. The molecule has 0 aliphatic heterocycles. The molecule has 0 spiro atoms. The van der Waals surface area contributed by atoms with E-state index in [1.807, 2.05) is 36.4 Å².